The fourth-order valence-corrected chi connectivity index (χ4v) is 3.41. The number of amides is 2. The second kappa shape index (κ2) is 8.66. The van der Waals surface area contributed by atoms with Gasteiger partial charge in [0.1, 0.15) is 0 Å². The van der Waals surface area contributed by atoms with Gasteiger partial charge in [-0.3, -0.25) is 14.9 Å². The molecule has 0 fully saturated rings. The molecule has 2 N–H and O–H groups in total. The molecule has 0 bridgehead atoms. The van der Waals surface area contributed by atoms with E-state index >= 15 is 0 Å². The van der Waals surface area contributed by atoms with Crippen LogP contribution in [0.15, 0.2) is 66.2 Å². The summed E-state index contributed by atoms with van der Waals surface area (Å²) in [5.74, 6) is -0.438. The molecular weight excluding hydrogens is 400 g/mol. The third kappa shape index (κ3) is 4.58. The molecule has 8 nitrogen and oxygen atoms in total. The van der Waals surface area contributed by atoms with Gasteiger partial charge in [0, 0.05) is 24.4 Å². The average Bonchev–Trinajstić information content (AvgIpc) is 3.43. The Bertz CT molecular complexity index is 1170. The molecule has 2 heterocycles. The van der Waals surface area contributed by atoms with E-state index in [2.05, 4.69) is 25.8 Å². The van der Waals surface area contributed by atoms with Gasteiger partial charge >= 0.3 is 0 Å². The quantitative estimate of drug-likeness (QED) is 0.500. The van der Waals surface area contributed by atoms with Crippen molar-refractivity contribution in [1.82, 2.24) is 25.3 Å². The van der Waals surface area contributed by atoms with Gasteiger partial charge in [0.25, 0.3) is 5.91 Å². The molecule has 0 saturated carbocycles. The van der Waals surface area contributed by atoms with Crippen LogP contribution in [-0.2, 0) is 11.3 Å². The molecule has 30 heavy (non-hydrogen) atoms. The predicted molar refractivity (Wildman–Crippen MR) is 114 cm³/mol. The highest BCUT2D eigenvalue weighted by Gasteiger charge is 2.14. The summed E-state index contributed by atoms with van der Waals surface area (Å²) in [6.45, 7) is 1.97. The Morgan fingerprint density at radius 2 is 1.83 bits per heavy atom. The van der Waals surface area contributed by atoms with Crippen LogP contribution in [-0.4, -0.2) is 31.8 Å². The zero-order valence-corrected chi connectivity index (χ0v) is 16.9. The monoisotopic (exact) mass is 418 g/mol. The lowest BCUT2D eigenvalue weighted by atomic mass is 10.1. The summed E-state index contributed by atoms with van der Waals surface area (Å²) in [6, 6.07) is 17.1. The van der Waals surface area contributed by atoms with E-state index in [0.717, 1.165) is 22.5 Å². The number of thiazole rings is 1. The third-order valence-electron chi connectivity index (χ3n) is 4.23. The SMILES string of the molecule is CC(=O)NCc1ccc(-c2csc(NC(=O)c3cnn(-c4ccccc4)n3)n2)cc1. The van der Waals surface area contributed by atoms with Crippen molar-refractivity contribution in [3.05, 3.63) is 77.4 Å². The number of nitrogens with zero attached hydrogens (tertiary/aromatic N) is 4. The Hall–Kier alpha value is -3.85. The van der Waals surface area contributed by atoms with Gasteiger partial charge in [0.15, 0.2) is 10.8 Å². The van der Waals surface area contributed by atoms with E-state index < -0.39 is 0 Å². The van der Waals surface area contributed by atoms with E-state index in [1.807, 2.05) is 60.0 Å². The molecule has 0 aliphatic carbocycles. The van der Waals surface area contributed by atoms with Crippen molar-refractivity contribution >= 4 is 28.3 Å². The van der Waals surface area contributed by atoms with Crippen LogP contribution in [0.5, 0.6) is 0 Å². The molecule has 0 radical (unpaired) electrons. The molecule has 2 aromatic carbocycles. The number of anilines is 1. The minimum atomic E-state index is -0.372. The van der Waals surface area contributed by atoms with Crippen LogP contribution >= 0.6 is 11.3 Å². The lowest BCUT2D eigenvalue weighted by Crippen LogP contribution is -2.18. The fourth-order valence-electron chi connectivity index (χ4n) is 2.70. The number of carbonyl (C=O) groups excluding carboxylic acids is 2. The second-order valence-corrected chi connectivity index (χ2v) is 7.31. The van der Waals surface area contributed by atoms with Crippen molar-refractivity contribution in [2.24, 2.45) is 0 Å². The molecule has 2 amide bonds. The van der Waals surface area contributed by atoms with Crippen molar-refractivity contribution < 1.29 is 9.59 Å². The molecule has 0 spiro atoms. The van der Waals surface area contributed by atoms with E-state index in [1.54, 1.807) is 0 Å². The van der Waals surface area contributed by atoms with Gasteiger partial charge in [0.2, 0.25) is 5.91 Å². The Morgan fingerprint density at radius 1 is 1.07 bits per heavy atom. The third-order valence-corrected chi connectivity index (χ3v) is 4.99. The molecular formula is C21H18N6O2S. The van der Waals surface area contributed by atoms with Crippen LogP contribution in [0, 0.1) is 0 Å². The van der Waals surface area contributed by atoms with Crippen molar-refractivity contribution in [2.75, 3.05) is 5.32 Å². The fraction of sp³-hybridized carbons (Fsp3) is 0.0952. The molecule has 4 aromatic rings. The number of nitrogens with one attached hydrogen (secondary N) is 2. The molecule has 2 aromatic heterocycles. The minimum absolute atomic E-state index is 0.0669. The van der Waals surface area contributed by atoms with Crippen molar-refractivity contribution in [3.63, 3.8) is 0 Å². The first-order chi connectivity index (χ1) is 14.6. The number of aromatic nitrogens is 4. The first-order valence-electron chi connectivity index (χ1n) is 9.17. The standard InChI is InChI=1S/C21H18N6O2S/c1-14(28)22-11-15-7-9-16(10-8-15)19-13-30-21(24-19)25-20(29)18-12-23-27(26-18)17-5-3-2-4-6-17/h2-10,12-13H,11H2,1H3,(H,22,28)(H,24,25,29). The zero-order valence-electron chi connectivity index (χ0n) is 16.1. The van der Waals surface area contributed by atoms with Crippen molar-refractivity contribution in [2.45, 2.75) is 13.5 Å². The molecule has 0 saturated heterocycles. The van der Waals surface area contributed by atoms with Gasteiger partial charge in [0.05, 0.1) is 17.6 Å². The first-order valence-corrected chi connectivity index (χ1v) is 10.0. The first kappa shape index (κ1) is 19.5. The molecule has 0 atom stereocenters. The van der Waals surface area contributed by atoms with E-state index in [0.29, 0.717) is 11.7 Å². The zero-order chi connectivity index (χ0) is 20.9. The van der Waals surface area contributed by atoms with E-state index in [-0.39, 0.29) is 17.5 Å². The van der Waals surface area contributed by atoms with Crippen LogP contribution in [0.3, 0.4) is 0 Å². The maximum absolute atomic E-state index is 12.5. The van der Waals surface area contributed by atoms with Gasteiger partial charge in [-0.1, -0.05) is 42.5 Å². The Morgan fingerprint density at radius 3 is 2.57 bits per heavy atom. The summed E-state index contributed by atoms with van der Waals surface area (Å²) in [5.41, 5.74) is 3.66. The van der Waals surface area contributed by atoms with Gasteiger partial charge in [-0.15, -0.1) is 16.4 Å². The van der Waals surface area contributed by atoms with Crippen LogP contribution in [0.2, 0.25) is 0 Å². The molecule has 0 aliphatic heterocycles. The number of hydrogen-bond acceptors (Lipinski definition) is 6. The van der Waals surface area contributed by atoms with Crippen LogP contribution in [0.25, 0.3) is 16.9 Å². The average molecular weight is 418 g/mol. The summed E-state index contributed by atoms with van der Waals surface area (Å²) in [4.78, 5) is 29.4. The normalized spacial score (nSPS) is 10.6. The number of para-hydroxylation sites is 1. The maximum Gasteiger partial charge on any atom is 0.279 e. The minimum Gasteiger partial charge on any atom is -0.352 e. The number of rotatable bonds is 6. The highest BCUT2D eigenvalue weighted by molar-refractivity contribution is 7.14. The Balaban J connectivity index is 1.41. The summed E-state index contributed by atoms with van der Waals surface area (Å²) in [6.07, 6.45) is 1.42. The highest BCUT2D eigenvalue weighted by Crippen LogP contribution is 2.25. The summed E-state index contributed by atoms with van der Waals surface area (Å²) in [5, 5.41) is 16.2. The molecule has 0 unspecified atom stereocenters. The van der Waals surface area contributed by atoms with Crippen LogP contribution in [0.1, 0.15) is 23.0 Å². The van der Waals surface area contributed by atoms with Gasteiger partial charge in [-0.2, -0.15) is 9.90 Å². The van der Waals surface area contributed by atoms with E-state index in [4.69, 9.17) is 0 Å². The van der Waals surface area contributed by atoms with Crippen LogP contribution < -0.4 is 10.6 Å². The topological polar surface area (TPSA) is 102 Å². The number of benzene rings is 2. The summed E-state index contributed by atoms with van der Waals surface area (Å²) >= 11 is 1.33. The van der Waals surface area contributed by atoms with E-state index in [9.17, 15) is 9.59 Å². The second-order valence-electron chi connectivity index (χ2n) is 6.45. The van der Waals surface area contributed by atoms with Crippen molar-refractivity contribution in [3.8, 4) is 16.9 Å². The maximum atomic E-state index is 12.5. The smallest absolute Gasteiger partial charge is 0.279 e. The van der Waals surface area contributed by atoms with Gasteiger partial charge in [-0.25, -0.2) is 4.98 Å². The summed E-state index contributed by atoms with van der Waals surface area (Å²) < 4.78 is 0. The van der Waals surface area contributed by atoms with Gasteiger partial charge in [-0.05, 0) is 17.7 Å². The largest absolute Gasteiger partial charge is 0.352 e. The molecule has 150 valence electrons. The van der Waals surface area contributed by atoms with E-state index in [1.165, 1.54) is 29.3 Å². The Kier molecular flexibility index (Phi) is 5.62. The Labute approximate surface area is 176 Å². The van der Waals surface area contributed by atoms with Crippen LogP contribution in [0.4, 0.5) is 5.13 Å². The highest BCUT2D eigenvalue weighted by atomic mass is 32.1. The number of carbonyl (C=O) groups is 2. The molecule has 9 heteroatoms. The predicted octanol–water partition coefficient (Wildman–Crippen LogP) is 3.28. The van der Waals surface area contributed by atoms with Gasteiger partial charge < -0.3 is 5.32 Å². The molecule has 0 aliphatic rings. The summed E-state index contributed by atoms with van der Waals surface area (Å²) in [7, 11) is 0. The lowest BCUT2D eigenvalue weighted by Gasteiger charge is -2.03. The molecule has 4 rings (SSSR count). The number of hydrogen-bond donors (Lipinski definition) is 2. The lowest BCUT2D eigenvalue weighted by molar-refractivity contribution is -0.119. The van der Waals surface area contributed by atoms with Crippen molar-refractivity contribution in [1.29, 1.82) is 0 Å².